The molecule has 0 spiro atoms. The summed E-state index contributed by atoms with van der Waals surface area (Å²) in [5, 5.41) is 13.7. The Balaban J connectivity index is 2.01. The molecule has 0 aromatic heterocycles. The zero-order chi connectivity index (χ0) is 14.5. The zero-order valence-corrected chi connectivity index (χ0v) is 12.3. The highest BCUT2D eigenvalue weighted by atomic mass is 35.5. The highest BCUT2D eigenvalue weighted by Crippen LogP contribution is 2.26. The smallest absolute Gasteiger partial charge is 0.160 e. The van der Waals surface area contributed by atoms with E-state index in [1.165, 1.54) is 0 Å². The molecule has 2 N–H and O–H groups in total. The van der Waals surface area contributed by atoms with Crippen LogP contribution in [0.15, 0.2) is 42.5 Å². The maximum absolute atomic E-state index is 9.56. The summed E-state index contributed by atoms with van der Waals surface area (Å²) in [6.07, 6.45) is 0. The van der Waals surface area contributed by atoms with Crippen molar-refractivity contribution in [1.29, 1.82) is 0 Å². The summed E-state index contributed by atoms with van der Waals surface area (Å²) in [7, 11) is 1.54. The van der Waals surface area contributed by atoms with Gasteiger partial charge in [-0.05, 0) is 42.3 Å². The van der Waals surface area contributed by atoms with E-state index in [0.717, 1.165) is 16.1 Å². The summed E-state index contributed by atoms with van der Waals surface area (Å²) in [6.45, 7) is 2.77. The lowest BCUT2D eigenvalue weighted by molar-refractivity contribution is 0.372. The Kier molecular flexibility index (Phi) is 4.88. The SMILES string of the molecule is COc1cc(CN[C@H](C)c2cccc(Cl)c2)ccc1O. The van der Waals surface area contributed by atoms with E-state index in [0.29, 0.717) is 12.3 Å². The number of hydrogen-bond donors (Lipinski definition) is 2. The first kappa shape index (κ1) is 14.7. The molecular formula is C16H18ClNO2. The normalized spacial score (nSPS) is 12.2. The molecule has 0 aliphatic carbocycles. The Labute approximate surface area is 124 Å². The van der Waals surface area contributed by atoms with Gasteiger partial charge >= 0.3 is 0 Å². The standard InChI is InChI=1S/C16H18ClNO2/c1-11(13-4-3-5-14(17)9-13)18-10-12-6-7-15(19)16(8-12)20-2/h3-9,11,18-19H,10H2,1-2H3/t11-/m1/s1. The van der Waals surface area contributed by atoms with Crippen molar-refractivity contribution in [2.24, 2.45) is 0 Å². The number of nitrogens with one attached hydrogen (secondary N) is 1. The van der Waals surface area contributed by atoms with Gasteiger partial charge in [-0.15, -0.1) is 0 Å². The zero-order valence-electron chi connectivity index (χ0n) is 11.6. The largest absolute Gasteiger partial charge is 0.504 e. The van der Waals surface area contributed by atoms with Gasteiger partial charge in [-0.1, -0.05) is 29.8 Å². The van der Waals surface area contributed by atoms with Crippen LogP contribution in [0, 0.1) is 0 Å². The van der Waals surface area contributed by atoms with Crippen LogP contribution >= 0.6 is 11.6 Å². The molecule has 0 saturated heterocycles. The third-order valence-electron chi connectivity index (χ3n) is 3.21. The fourth-order valence-electron chi connectivity index (χ4n) is 2.00. The average molecular weight is 292 g/mol. The summed E-state index contributed by atoms with van der Waals surface area (Å²) in [5.74, 6) is 0.638. The van der Waals surface area contributed by atoms with Crippen LogP contribution in [-0.4, -0.2) is 12.2 Å². The Morgan fingerprint density at radius 2 is 2.05 bits per heavy atom. The minimum atomic E-state index is 0.152. The van der Waals surface area contributed by atoms with Crippen molar-refractivity contribution < 1.29 is 9.84 Å². The predicted octanol–water partition coefficient (Wildman–Crippen LogP) is 3.91. The molecule has 2 rings (SSSR count). The van der Waals surface area contributed by atoms with Crippen molar-refractivity contribution in [1.82, 2.24) is 5.32 Å². The molecule has 0 radical (unpaired) electrons. The van der Waals surface area contributed by atoms with Crippen LogP contribution in [0.1, 0.15) is 24.1 Å². The number of aromatic hydroxyl groups is 1. The summed E-state index contributed by atoms with van der Waals surface area (Å²) in [6, 6.07) is 13.3. The molecule has 0 unspecified atom stereocenters. The molecule has 106 valence electrons. The van der Waals surface area contributed by atoms with Crippen molar-refractivity contribution in [3.05, 3.63) is 58.6 Å². The molecule has 0 aliphatic rings. The van der Waals surface area contributed by atoms with Crippen LogP contribution in [0.5, 0.6) is 11.5 Å². The van der Waals surface area contributed by atoms with E-state index < -0.39 is 0 Å². The fourth-order valence-corrected chi connectivity index (χ4v) is 2.20. The number of rotatable bonds is 5. The highest BCUT2D eigenvalue weighted by Gasteiger charge is 2.07. The molecule has 0 heterocycles. The topological polar surface area (TPSA) is 41.5 Å². The lowest BCUT2D eigenvalue weighted by atomic mass is 10.1. The molecule has 0 fully saturated rings. The van der Waals surface area contributed by atoms with Gasteiger partial charge in [0.1, 0.15) is 0 Å². The van der Waals surface area contributed by atoms with Gasteiger partial charge in [-0.2, -0.15) is 0 Å². The minimum Gasteiger partial charge on any atom is -0.504 e. The molecule has 0 saturated carbocycles. The van der Waals surface area contributed by atoms with E-state index in [1.807, 2.05) is 36.4 Å². The van der Waals surface area contributed by atoms with Crippen LogP contribution in [0.3, 0.4) is 0 Å². The molecule has 3 nitrogen and oxygen atoms in total. The van der Waals surface area contributed by atoms with Gasteiger partial charge in [0.25, 0.3) is 0 Å². The number of ether oxygens (including phenoxy) is 1. The molecule has 4 heteroatoms. The van der Waals surface area contributed by atoms with Crippen molar-refractivity contribution in [3.8, 4) is 11.5 Å². The number of benzene rings is 2. The first-order valence-corrected chi connectivity index (χ1v) is 6.82. The third kappa shape index (κ3) is 3.65. The molecule has 2 aromatic rings. The van der Waals surface area contributed by atoms with Gasteiger partial charge in [0.05, 0.1) is 7.11 Å². The molecule has 1 atom stereocenters. The van der Waals surface area contributed by atoms with E-state index in [2.05, 4.69) is 12.2 Å². The second-order valence-electron chi connectivity index (χ2n) is 4.66. The number of phenolic OH excluding ortho intramolecular Hbond substituents is 1. The molecule has 0 bridgehead atoms. The molecule has 0 amide bonds. The Morgan fingerprint density at radius 3 is 2.75 bits per heavy atom. The minimum absolute atomic E-state index is 0.152. The first-order valence-electron chi connectivity index (χ1n) is 6.45. The van der Waals surface area contributed by atoms with E-state index in [-0.39, 0.29) is 11.8 Å². The van der Waals surface area contributed by atoms with Crippen LogP contribution in [0.4, 0.5) is 0 Å². The molecule has 20 heavy (non-hydrogen) atoms. The van der Waals surface area contributed by atoms with Gasteiger partial charge in [-0.25, -0.2) is 0 Å². The van der Waals surface area contributed by atoms with Gasteiger partial charge in [0.2, 0.25) is 0 Å². The van der Waals surface area contributed by atoms with Crippen molar-refractivity contribution in [2.45, 2.75) is 19.5 Å². The van der Waals surface area contributed by atoms with Gasteiger partial charge in [-0.3, -0.25) is 0 Å². The Morgan fingerprint density at radius 1 is 1.25 bits per heavy atom. The Hall–Kier alpha value is -1.71. The Bertz CT molecular complexity index is 586. The number of halogens is 1. The third-order valence-corrected chi connectivity index (χ3v) is 3.44. The number of methoxy groups -OCH3 is 1. The van der Waals surface area contributed by atoms with E-state index in [4.69, 9.17) is 16.3 Å². The quantitative estimate of drug-likeness (QED) is 0.878. The summed E-state index contributed by atoms with van der Waals surface area (Å²) in [5.41, 5.74) is 2.19. The number of hydrogen-bond acceptors (Lipinski definition) is 3. The van der Waals surface area contributed by atoms with E-state index >= 15 is 0 Å². The number of phenols is 1. The molecular weight excluding hydrogens is 274 g/mol. The van der Waals surface area contributed by atoms with Crippen molar-refractivity contribution in [2.75, 3.05) is 7.11 Å². The van der Waals surface area contributed by atoms with Crippen molar-refractivity contribution in [3.63, 3.8) is 0 Å². The van der Waals surface area contributed by atoms with Crippen LogP contribution in [-0.2, 0) is 6.54 Å². The lowest BCUT2D eigenvalue weighted by Crippen LogP contribution is -2.18. The van der Waals surface area contributed by atoms with Gasteiger partial charge in [0, 0.05) is 17.6 Å². The van der Waals surface area contributed by atoms with E-state index in [1.54, 1.807) is 13.2 Å². The van der Waals surface area contributed by atoms with Crippen LogP contribution in [0.25, 0.3) is 0 Å². The molecule has 2 aromatic carbocycles. The summed E-state index contributed by atoms with van der Waals surface area (Å²) < 4.78 is 5.10. The average Bonchev–Trinajstić information content (AvgIpc) is 2.46. The van der Waals surface area contributed by atoms with Crippen molar-refractivity contribution >= 4 is 11.6 Å². The van der Waals surface area contributed by atoms with Crippen LogP contribution in [0.2, 0.25) is 5.02 Å². The second kappa shape index (κ2) is 6.64. The lowest BCUT2D eigenvalue weighted by Gasteiger charge is -2.15. The summed E-state index contributed by atoms with van der Waals surface area (Å²) >= 11 is 5.99. The first-order chi connectivity index (χ1) is 9.60. The second-order valence-corrected chi connectivity index (χ2v) is 5.10. The van der Waals surface area contributed by atoms with E-state index in [9.17, 15) is 5.11 Å². The highest BCUT2D eigenvalue weighted by molar-refractivity contribution is 6.30. The monoisotopic (exact) mass is 291 g/mol. The maximum atomic E-state index is 9.56. The fraction of sp³-hybridized carbons (Fsp3) is 0.250. The summed E-state index contributed by atoms with van der Waals surface area (Å²) in [4.78, 5) is 0. The maximum Gasteiger partial charge on any atom is 0.160 e. The van der Waals surface area contributed by atoms with Gasteiger partial charge in [0.15, 0.2) is 11.5 Å². The van der Waals surface area contributed by atoms with Gasteiger partial charge < -0.3 is 15.2 Å². The molecule has 0 aliphatic heterocycles. The van der Waals surface area contributed by atoms with Crippen LogP contribution < -0.4 is 10.1 Å². The predicted molar refractivity (Wildman–Crippen MR) is 81.4 cm³/mol.